The number of hydrogen-bond donors (Lipinski definition) is 0. The normalized spacial score (nSPS) is 23.8. The van der Waals surface area contributed by atoms with Crippen molar-refractivity contribution >= 4 is 15.9 Å². The van der Waals surface area contributed by atoms with Crippen molar-refractivity contribution in [2.45, 2.75) is 63.3 Å². The van der Waals surface area contributed by atoms with Crippen LogP contribution in [-0.4, -0.2) is 37.0 Å². The predicted molar refractivity (Wildman–Crippen MR) is 75.1 cm³/mol. The smallest absolute Gasteiger partial charge is 0.168 e. The highest BCUT2D eigenvalue weighted by Crippen LogP contribution is 2.36. The second-order valence-corrected chi connectivity index (χ2v) is 6.07. The van der Waals surface area contributed by atoms with E-state index in [-0.39, 0.29) is 5.79 Å². The van der Waals surface area contributed by atoms with E-state index < -0.39 is 0 Å². The van der Waals surface area contributed by atoms with E-state index in [1.165, 1.54) is 25.7 Å². The average molecular weight is 321 g/mol. The Labute approximate surface area is 119 Å². The van der Waals surface area contributed by atoms with Gasteiger partial charge in [-0.05, 0) is 25.7 Å². The highest BCUT2D eigenvalue weighted by atomic mass is 79.9. The maximum atomic E-state index is 5.94. The van der Waals surface area contributed by atoms with Gasteiger partial charge in [0.1, 0.15) is 0 Å². The summed E-state index contributed by atoms with van der Waals surface area (Å²) < 4.78 is 17.4. The molecule has 0 amide bonds. The zero-order chi connectivity index (χ0) is 12.7. The van der Waals surface area contributed by atoms with Crippen LogP contribution in [0.4, 0.5) is 0 Å². The molecule has 1 saturated carbocycles. The molecule has 1 heterocycles. The van der Waals surface area contributed by atoms with Crippen LogP contribution in [0, 0.1) is 0 Å². The molecule has 0 aromatic carbocycles. The summed E-state index contributed by atoms with van der Waals surface area (Å²) in [5.41, 5.74) is 0. The van der Waals surface area contributed by atoms with E-state index >= 15 is 0 Å². The summed E-state index contributed by atoms with van der Waals surface area (Å²) in [6.07, 6.45) is 9.67. The summed E-state index contributed by atoms with van der Waals surface area (Å²) in [5, 5.41) is 1.12. The predicted octanol–water partition coefficient (Wildman–Crippen LogP) is 3.64. The van der Waals surface area contributed by atoms with Gasteiger partial charge in [-0.25, -0.2) is 0 Å². The van der Waals surface area contributed by atoms with Crippen LogP contribution in [0.5, 0.6) is 0 Å². The van der Waals surface area contributed by atoms with Crippen molar-refractivity contribution in [2.75, 3.05) is 25.2 Å². The molecule has 3 nitrogen and oxygen atoms in total. The molecule has 1 spiro atoms. The lowest BCUT2D eigenvalue weighted by molar-refractivity contribution is -0.191. The molecule has 18 heavy (non-hydrogen) atoms. The molecule has 2 rings (SSSR count). The number of hydrogen-bond acceptors (Lipinski definition) is 3. The monoisotopic (exact) mass is 320 g/mol. The minimum Gasteiger partial charge on any atom is -0.378 e. The van der Waals surface area contributed by atoms with Gasteiger partial charge in [-0.3, -0.25) is 0 Å². The van der Waals surface area contributed by atoms with Gasteiger partial charge < -0.3 is 14.2 Å². The molecule has 0 N–H and O–H groups in total. The standard InChI is InChI=1S/C14H25BrO3/c15-9-3-1-2-4-10-16-13-5-7-14(8-6-13)17-11-12-18-14/h13H,1-12H2. The molecule has 0 aromatic rings. The Morgan fingerprint density at radius 3 is 2.33 bits per heavy atom. The van der Waals surface area contributed by atoms with Crippen molar-refractivity contribution in [1.82, 2.24) is 0 Å². The van der Waals surface area contributed by atoms with Gasteiger partial charge in [-0.15, -0.1) is 0 Å². The molecule has 0 bridgehead atoms. The van der Waals surface area contributed by atoms with Gasteiger partial charge in [0, 0.05) is 24.8 Å². The fraction of sp³-hybridized carbons (Fsp3) is 1.00. The maximum absolute atomic E-state index is 5.94. The zero-order valence-corrected chi connectivity index (χ0v) is 12.8. The number of rotatable bonds is 7. The van der Waals surface area contributed by atoms with Crippen molar-refractivity contribution in [3.8, 4) is 0 Å². The van der Waals surface area contributed by atoms with E-state index in [0.29, 0.717) is 6.10 Å². The molecule has 2 fully saturated rings. The fourth-order valence-electron chi connectivity index (χ4n) is 2.78. The molecular formula is C14H25BrO3. The molecule has 0 atom stereocenters. The zero-order valence-electron chi connectivity index (χ0n) is 11.2. The van der Waals surface area contributed by atoms with E-state index in [9.17, 15) is 0 Å². The van der Waals surface area contributed by atoms with Crippen molar-refractivity contribution in [3.63, 3.8) is 0 Å². The quantitative estimate of drug-likeness (QED) is 0.529. The van der Waals surface area contributed by atoms with Crippen LogP contribution < -0.4 is 0 Å². The SMILES string of the molecule is BrCCCCCCOC1CCC2(CC1)OCCO2. The van der Waals surface area contributed by atoms with Crippen LogP contribution in [0.2, 0.25) is 0 Å². The Bertz CT molecular complexity index is 219. The Morgan fingerprint density at radius 1 is 1.00 bits per heavy atom. The molecule has 0 radical (unpaired) electrons. The molecule has 4 heteroatoms. The Kier molecular flexibility index (Phi) is 6.42. The molecular weight excluding hydrogens is 296 g/mol. The van der Waals surface area contributed by atoms with Gasteiger partial charge in [0.2, 0.25) is 0 Å². The molecule has 1 aliphatic heterocycles. The van der Waals surface area contributed by atoms with Crippen LogP contribution in [0.25, 0.3) is 0 Å². The third kappa shape index (κ3) is 4.48. The number of halogens is 1. The van der Waals surface area contributed by atoms with Gasteiger partial charge in [0.25, 0.3) is 0 Å². The molecule has 2 aliphatic rings. The molecule has 0 unspecified atom stereocenters. The third-order valence-corrected chi connectivity index (χ3v) is 4.45. The van der Waals surface area contributed by atoms with E-state index in [0.717, 1.165) is 50.8 Å². The third-order valence-electron chi connectivity index (χ3n) is 3.89. The highest BCUT2D eigenvalue weighted by molar-refractivity contribution is 9.09. The van der Waals surface area contributed by atoms with Crippen molar-refractivity contribution in [1.29, 1.82) is 0 Å². The van der Waals surface area contributed by atoms with E-state index in [4.69, 9.17) is 14.2 Å². The summed E-state index contributed by atoms with van der Waals surface area (Å²) in [4.78, 5) is 0. The Morgan fingerprint density at radius 2 is 1.67 bits per heavy atom. The minimum atomic E-state index is -0.240. The van der Waals surface area contributed by atoms with Crippen LogP contribution in [0.3, 0.4) is 0 Å². The molecule has 106 valence electrons. The second kappa shape index (κ2) is 7.83. The van der Waals surface area contributed by atoms with Crippen LogP contribution in [0.1, 0.15) is 51.4 Å². The maximum Gasteiger partial charge on any atom is 0.168 e. The van der Waals surface area contributed by atoms with E-state index in [1.807, 2.05) is 0 Å². The summed E-state index contributed by atoms with van der Waals surface area (Å²) in [7, 11) is 0. The van der Waals surface area contributed by atoms with Gasteiger partial charge in [-0.1, -0.05) is 28.8 Å². The van der Waals surface area contributed by atoms with Crippen molar-refractivity contribution < 1.29 is 14.2 Å². The van der Waals surface area contributed by atoms with Crippen LogP contribution in [-0.2, 0) is 14.2 Å². The van der Waals surface area contributed by atoms with E-state index in [2.05, 4.69) is 15.9 Å². The molecule has 1 saturated heterocycles. The Balaban J connectivity index is 1.51. The average Bonchev–Trinajstić information content (AvgIpc) is 2.85. The summed E-state index contributed by atoms with van der Waals surface area (Å²) in [5.74, 6) is -0.240. The lowest BCUT2D eigenvalue weighted by Gasteiger charge is -2.35. The number of alkyl halides is 1. The van der Waals surface area contributed by atoms with Gasteiger partial charge >= 0.3 is 0 Å². The first-order chi connectivity index (χ1) is 8.85. The molecule has 0 aromatic heterocycles. The van der Waals surface area contributed by atoms with Crippen molar-refractivity contribution in [2.24, 2.45) is 0 Å². The first kappa shape index (κ1) is 14.8. The Hall–Kier alpha value is 0.360. The summed E-state index contributed by atoms with van der Waals surface area (Å²) in [6.45, 7) is 2.44. The van der Waals surface area contributed by atoms with Gasteiger partial charge in [0.15, 0.2) is 5.79 Å². The van der Waals surface area contributed by atoms with Gasteiger partial charge in [0.05, 0.1) is 19.3 Å². The first-order valence-electron chi connectivity index (χ1n) is 7.30. The number of ether oxygens (including phenoxy) is 3. The van der Waals surface area contributed by atoms with E-state index in [1.54, 1.807) is 0 Å². The second-order valence-electron chi connectivity index (χ2n) is 5.28. The first-order valence-corrected chi connectivity index (χ1v) is 8.42. The lowest BCUT2D eigenvalue weighted by atomic mass is 9.92. The molecule has 1 aliphatic carbocycles. The summed E-state index contributed by atoms with van der Waals surface area (Å²) in [6, 6.07) is 0. The van der Waals surface area contributed by atoms with Gasteiger partial charge in [-0.2, -0.15) is 0 Å². The number of unbranched alkanes of at least 4 members (excludes halogenated alkanes) is 3. The minimum absolute atomic E-state index is 0.240. The van der Waals surface area contributed by atoms with Crippen LogP contribution >= 0.6 is 15.9 Å². The fourth-order valence-corrected chi connectivity index (χ4v) is 3.18. The topological polar surface area (TPSA) is 27.7 Å². The largest absolute Gasteiger partial charge is 0.378 e. The van der Waals surface area contributed by atoms with Crippen molar-refractivity contribution in [3.05, 3.63) is 0 Å². The lowest BCUT2D eigenvalue weighted by Crippen LogP contribution is -2.37. The highest BCUT2D eigenvalue weighted by Gasteiger charge is 2.40. The summed E-state index contributed by atoms with van der Waals surface area (Å²) >= 11 is 3.46. The van der Waals surface area contributed by atoms with Crippen LogP contribution in [0.15, 0.2) is 0 Å².